The standard InChI is InChI=1S/C31H38N4O2/c1-23-12-14-26(15-13-23)31(37)35-22-28(20-29(35)30(36)33-18-17-32)34(19-16-25-9-4-3-5-10-25)21-27-11-7-6-8-24(27)2/h3-15,28-29H,16-22,32H2,1-2H3,(H,33,36). The number of carbonyl (C=O) groups is 2. The van der Waals surface area contributed by atoms with Crippen LogP contribution in [0.3, 0.4) is 0 Å². The van der Waals surface area contributed by atoms with Crippen LogP contribution < -0.4 is 11.1 Å². The first-order valence-electron chi connectivity index (χ1n) is 13.1. The van der Waals surface area contributed by atoms with Crippen molar-refractivity contribution in [2.24, 2.45) is 5.73 Å². The Morgan fingerprint density at radius 1 is 0.973 bits per heavy atom. The molecule has 0 bridgehead atoms. The summed E-state index contributed by atoms with van der Waals surface area (Å²) in [6.45, 7) is 7.02. The zero-order chi connectivity index (χ0) is 26.2. The number of nitrogens with zero attached hydrogens (tertiary/aromatic N) is 2. The van der Waals surface area contributed by atoms with Gasteiger partial charge in [-0.05, 0) is 55.5 Å². The van der Waals surface area contributed by atoms with E-state index in [2.05, 4.69) is 65.7 Å². The largest absolute Gasteiger partial charge is 0.353 e. The third kappa shape index (κ3) is 6.85. The summed E-state index contributed by atoms with van der Waals surface area (Å²) in [5.74, 6) is -0.235. The molecule has 0 radical (unpaired) electrons. The van der Waals surface area contributed by atoms with Crippen molar-refractivity contribution in [1.82, 2.24) is 15.1 Å². The van der Waals surface area contributed by atoms with E-state index in [9.17, 15) is 9.59 Å². The number of hydrogen-bond donors (Lipinski definition) is 2. The average Bonchev–Trinajstić information content (AvgIpc) is 3.37. The van der Waals surface area contributed by atoms with Crippen LogP contribution in [-0.4, -0.2) is 59.9 Å². The number of benzene rings is 3. The highest BCUT2D eigenvalue weighted by Gasteiger charge is 2.41. The summed E-state index contributed by atoms with van der Waals surface area (Å²) < 4.78 is 0. The number of nitrogens with one attached hydrogen (secondary N) is 1. The molecular weight excluding hydrogens is 460 g/mol. The van der Waals surface area contributed by atoms with E-state index in [1.54, 1.807) is 4.90 Å². The smallest absolute Gasteiger partial charge is 0.254 e. The third-order valence-corrected chi connectivity index (χ3v) is 7.27. The fourth-order valence-electron chi connectivity index (χ4n) is 5.04. The van der Waals surface area contributed by atoms with Gasteiger partial charge in [-0.2, -0.15) is 0 Å². The Morgan fingerprint density at radius 2 is 1.68 bits per heavy atom. The van der Waals surface area contributed by atoms with Crippen molar-refractivity contribution < 1.29 is 9.59 Å². The quantitative estimate of drug-likeness (QED) is 0.447. The summed E-state index contributed by atoms with van der Waals surface area (Å²) in [6.07, 6.45) is 1.49. The highest BCUT2D eigenvalue weighted by Crippen LogP contribution is 2.27. The lowest BCUT2D eigenvalue weighted by Gasteiger charge is -2.29. The van der Waals surface area contributed by atoms with E-state index < -0.39 is 6.04 Å². The fourth-order valence-corrected chi connectivity index (χ4v) is 5.04. The molecule has 0 aromatic heterocycles. The molecular formula is C31H38N4O2. The Balaban J connectivity index is 1.60. The monoisotopic (exact) mass is 498 g/mol. The first kappa shape index (κ1) is 26.6. The van der Waals surface area contributed by atoms with Gasteiger partial charge in [-0.25, -0.2) is 0 Å². The minimum atomic E-state index is -0.526. The van der Waals surface area contributed by atoms with Crippen LogP contribution in [0, 0.1) is 13.8 Å². The molecule has 194 valence electrons. The summed E-state index contributed by atoms with van der Waals surface area (Å²) in [5, 5.41) is 2.92. The van der Waals surface area contributed by atoms with Crippen LogP contribution in [0.2, 0.25) is 0 Å². The van der Waals surface area contributed by atoms with E-state index in [1.165, 1.54) is 16.7 Å². The van der Waals surface area contributed by atoms with Gasteiger partial charge in [-0.15, -0.1) is 0 Å². The molecule has 1 aliphatic heterocycles. The first-order chi connectivity index (χ1) is 18.0. The Labute approximate surface area is 220 Å². The zero-order valence-electron chi connectivity index (χ0n) is 21.9. The van der Waals surface area contributed by atoms with Crippen molar-refractivity contribution in [2.45, 2.75) is 45.3 Å². The molecule has 2 amide bonds. The molecule has 6 nitrogen and oxygen atoms in total. The zero-order valence-corrected chi connectivity index (χ0v) is 21.9. The van der Waals surface area contributed by atoms with Crippen LogP contribution in [0.1, 0.15) is 39.0 Å². The van der Waals surface area contributed by atoms with Gasteiger partial charge < -0.3 is 16.0 Å². The van der Waals surface area contributed by atoms with Gasteiger partial charge in [0.05, 0.1) is 0 Å². The predicted octanol–water partition coefficient (Wildman–Crippen LogP) is 3.71. The SMILES string of the molecule is Cc1ccc(C(=O)N2CC(N(CCc3ccccc3)Cc3ccccc3C)CC2C(=O)NCCN)cc1. The molecule has 0 saturated carbocycles. The van der Waals surface area contributed by atoms with Gasteiger partial charge in [0.25, 0.3) is 5.91 Å². The number of rotatable bonds is 10. The number of carbonyl (C=O) groups excluding carboxylic acids is 2. The van der Waals surface area contributed by atoms with E-state index >= 15 is 0 Å². The van der Waals surface area contributed by atoms with Crippen molar-refractivity contribution in [3.8, 4) is 0 Å². The maximum absolute atomic E-state index is 13.6. The van der Waals surface area contributed by atoms with Gasteiger partial charge in [0.15, 0.2) is 0 Å². The van der Waals surface area contributed by atoms with Crippen molar-refractivity contribution in [1.29, 1.82) is 0 Å². The summed E-state index contributed by atoms with van der Waals surface area (Å²) >= 11 is 0. The molecule has 1 saturated heterocycles. The molecule has 0 aliphatic carbocycles. The van der Waals surface area contributed by atoms with E-state index in [0.29, 0.717) is 31.6 Å². The van der Waals surface area contributed by atoms with E-state index in [1.807, 2.05) is 37.3 Å². The lowest BCUT2D eigenvalue weighted by Crippen LogP contribution is -2.47. The minimum Gasteiger partial charge on any atom is -0.353 e. The van der Waals surface area contributed by atoms with Gasteiger partial charge >= 0.3 is 0 Å². The molecule has 6 heteroatoms. The lowest BCUT2D eigenvalue weighted by molar-refractivity contribution is -0.124. The highest BCUT2D eigenvalue weighted by molar-refractivity contribution is 5.98. The second-order valence-electron chi connectivity index (χ2n) is 9.94. The van der Waals surface area contributed by atoms with Crippen molar-refractivity contribution >= 4 is 11.8 Å². The predicted molar refractivity (Wildman–Crippen MR) is 148 cm³/mol. The Morgan fingerprint density at radius 3 is 2.38 bits per heavy atom. The number of amides is 2. The molecule has 3 N–H and O–H groups in total. The molecule has 1 heterocycles. The van der Waals surface area contributed by atoms with Gasteiger partial charge in [-0.1, -0.05) is 72.3 Å². The fraction of sp³-hybridized carbons (Fsp3) is 0.355. The lowest BCUT2D eigenvalue weighted by atomic mass is 10.0. The second kappa shape index (κ2) is 12.7. The molecule has 2 unspecified atom stereocenters. The van der Waals surface area contributed by atoms with Crippen molar-refractivity contribution in [3.63, 3.8) is 0 Å². The Hall–Kier alpha value is -3.48. The van der Waals surface area contributed by atoms with Crippen LogP contribution in [0.25, 0.3) is 0 Å². The first-order valence-corrected chi connectivity index (χ1v) is 13.1. The molecule has 0 spiro atoms. The summed E-state index contributed by atoms with van der Waals surface area (Å²) in [5.41, 5.74) is 11.1. The van der Waals surface area contributed by atoms with Gasteiger partial charge in [-0.3, -0.25) is 14.5 Å². The molecule has 37 heavy (non-hydrogen) atoms. The van der Waals surface area contributed by atoms with Crippen LogP contribution in [-0.2, 0) is 17.8 Å². The summed E-state index contributed by atoms with van der Waals surface area (Å²) in [7, 11) is 0. The van der Waals surface area contributed by atoms with Crippen LogP contribution in [0.4, 0.5) is 0 Å². The Kier molecular flexibility index (Phi) is 9.09. The van der Waals surface area contributed by atoms with Crippen LogP contribution in [0.15, 0.2) is 78.9 Å². The van der Waals surface area contributed by atoms with E-state index in [0.717, 1.165) is 25.1 Å². The number of nitrogens with two attached hydrogens (primary N) is 1. The third-order valence-electron chi connectivity index (χ3n) is 7.27. The molecule has 3 aromatic rings. The van der Waals surface area contributed by atoms with Gasteiger partial charge in [0, 0.05) is 44.3 Å². The summed E-state index contributed by atoms with van der Waals surface area (Å²) in [4.78, 5) is 31.0. The number of aryl methyl sites for hydroxylation is 2. The summed E-state index contributed by atoms with van der Waals surface area (Å²) in [6, 6.07) is 26.0. The topological polar surface area (TPSA) is 78.7 Å². The maximum Gasteiger partial charge on any atom is 0.254 e. The normalized spacial score (nSPS) is 17.2. The molecule has 1 fully saturated rings. The second-order valence-corrected chi connectivity index (χ2v) is 9.94. The van der Waals surface area contributed by atoms with Crippen LogP contribution in [0.5, 0.6) is 0 Å². The van der Waals surface area contributed by atoms with E-state index in [4.69, 9.17) is 5.73 Å². The molecule has 3 aromatic carbocycles. The average molecular weight is 499 g/mol. The molecule has 2 atom stereocenters. The highest BCUT2D eigenvalue weighted by atomic mass is 16.2. The number of likely N-dealkylation sites (tertiary alicyclic amines) is 1. The van der Waals surface area contributed by atoms with Gasteiger partial charge in [0.1, 0.15) is 6.04 Å². The van der Waals surface area contributed by atoms with E-state index in [-0.39, 0.29) is 17.9 Å². The molecule has 4 rings (SSSR count). The maximum atomic E-state index is 13.6. The molecule has 1 aliphatic rings. The van der Waals surface area contributed by atoms with Gasteiger partial charge in [0.2, 0.25) is 5.91 Å². The minimum absolute atomic E-state index is 0.0614. The van der Waals surface area contributed by atoms with Crippen molar-refractivity contribution in [3.05, 3.63) is 107 Å². The van der Waals surface area contributed by atoms with Crippen LogP contribution >= 0.6 is 0 Å². The number of hydrogen-bond acceptors (Lipinski definition) is 4. The van der Waals surface area contributed by atoms with Crippen molar-refractivity contribution in [2.75, 3.05) is 26.2 Å². The Bertz CT molecular complexity index is 1180.